The first-order valence-corrected chi connectivity index (χ1v) is 7.40. The highest BCUT2D eigenvalue weighted by Crippen LogP contribution is 2.31. The number of nitrogens with one attached hydrogen (secondary N) is 1. The van der Waals surface area contributed by atoms with E-state index in [1.54, 1.807) is 20.8 Å². The van der Waals surface area contributed by atoms with Gasteiger partial charge in [0.1, 0.15) is 12.3 Å². The smallest absolute Gasteiger partial charge is 0.407 e. The van der Waals surface area contributed by atoms with Gasteiger partial charge < -0.3 is 14.8 Å². The van der Waals surface area contributed by atoms with Gasteiger partial charge in [0.25, 0.3) is 0 Å². The van der Waals surface area contributed by atoms with Crippen molar-refractivity contribution in [2.24, 2.45) is 11.8 Å². The minimum atomic E-state index is -0.632. The number of hydrogen-bond donors (Lipinski definition) is 1. The Morgan fingerprint density at radius 3 is 2.24 bits per heavy atom. The van der Waals surface area contributed by atoms with Crippen molar-refractivity contribution in [2.45, 2.75) is 58.1 Å². The van der Waals surface area contributed by atoms with Gasteiger partial charge >= 0.3 is 12.1 Å². The molecule has 0 radical (unpaired) electrons. The SMILES string of the molecule is COC(=O)C1CCC(C(CF)NC(=O)OC(C)(C)C)CC1. The molecule has 0 aromatic rings. The number of carbonyl (C=O) groups is 2. The molecule has 0 aromatic heterocycles. The molecule has 5 nitrogen and oxygen atoms in total. The molecule has 1 unspecified atom stereocenters. The van der Waals surface area contributed by atoms with Gasteiger partial charge in [-0.05, 0) is 52.4 Å². The van der Waals surface area contributed by atoms with E-state index in [4.69, 9.17) is 9.47 Å². The van der Waals surface area contributed by atoms with Gasteiger partial charge in [0.05, 0.1) is 19.1 Å². The molecule has 1 aliphatic carbocycles. The van der Waals surface area contributed by atoms with Crippen molar-refractivity contribution in [1.82, 2.24) is 5.32 Å². The van der Waals surface area contributed by atoms with E-state index in [-0.39, 0.29) is 17.8 Å². The molecule has 6 heteroatoms. The molecule has 122 valence electrons. The first-order valence-electron chi connectivity index (χ1n) is 7.40. The predicted octanol–water partition coefficient (Wildman–Crippen LogP) is 2.83. The van der Waals surface area contributed by atoms with Crippen LogP contribution in [0, 0.1) is 11.8 Å². The number of methoxy groups -OCH3 is 1. The number of hydrogen-bond acceptors (Lipinski definition) is 4. The van der Waals surface area contributed by atoms with Crippen molar-refractivity contribution in [2.75, 3.05) is 13.8 Å². The summed E-state index contributed by atoms with van der Waals surface area (Å²) in [4.78, 5) is 23.2. The van der Waals surface area contributed by atoms with Gasteiger partial charge in [0, 0.05) is 0 Å². The summed E-state index contributed by atoms with van der Waals surface area (Å²) in [7, 11) is 1.38. The van der Waals surface area contributed by atoms with Crippen LogP contribution in [0.2, 0.25) is 0 Å². The fourth-order valence-corrected chi connectivity index (χ4v) is 2.67. The molecule has 1 fully saturated rings. The van der Waals surface area contributed by atoms with E-state index >= 15 is 0 Å². The van der Waals surface area contributed by atoms with Gasteiger partial charge in [-0.1, -0.05) is 0 Å². The minimum absolute atomic E-state index is 0.0309. The molecule has 1 N–H and O–H groups in total. The summed E-state index contributed by atoms with van der Waals surface area (Å²) in [6.45, 7) is 4.66. The number of rotatable bonds is 4. The summed E-state index contributed by atoms with van der Waals surface area (Å²) in [5.74, 6) is -0.276. The van der Waals surface area contributed by atoms with Gasteiger partial charge in [-0.3, -0.25) is 4.79 Å². The largest absolute Gasteiger partial charge is 0.469 e. The first-order chi connectivity index (χ1) is 9.76. The Balaban J connectivity index is 2.47. The summed E-state index contributed by atoms with van der Waals surface area (Å²) >= 11 is 0. The molecule has 1 saturated carbocycles. The van der Waals surface area contributed by atoms with Crippen LogP contribution < -0.4 is 5.32 Å². The number of alkyl halides is 1. The van der Waals surface area contributed by atoms with Crippen LogP contribution in [-0.4, -0.2) is 37.5 Å². The lowest BCUT2D eigenvalue weighted by molar-refractivity contribution is -0.146. The second-order valence-corrected chi connectivity index (χ2v) is 6.54. The third kappa shape index (κ3) is 5.89. The molecular weight excluding hydrogens is 277 g/mol. The lowest BCUT2D eigenvalue weighted by Gasteiger charge is -2.32. The molecule has 0 bridgehead atoms. The van der Waals surface area contributed by atoms with Crippen LogP contribution in [0.1, 0.15) is 46.5 Å². The Kier molecular flexibility index (Phi) is 6.42. The highest BCUT2D eigenvalue weighted by Gasteiger charge is 2.32. The fourth-order valence-electron chi connectivity index (χ4n) is 2.67. The maximum absolute atomic E-state index is 13.2. The molecule has 0 heterocycles. The van der Waals surface area contributed by atoms with Crippen molar-refractivity contribution < 1.29 is 23.5 Å². The zero-order valence-electron chi connectivity index (χ0n) is 13.3. The monoisotopic (exact) mass is 303 g/mol. The maximum atomic E-state index is 13.2. The molecule has 1 rings (SSSR count). The standard InChI is InChI=1S/C15H26FNO4/c1-15(2,3)21-14(19)17-12(9-16)10-5-7-11(8-6-10)13(18)20-4/h10-12H,5-9H2,1-4H3,(H,17,19). The van der Waals surface area contributed by atoms with Crippen LogP contribution in [0.15, 0.2) is 0 Å². The van der Waals surface area contributed by atoms with Crippen molar-refractivity contribution >= 4 is 12.1 Å². The summed E-state index contributed by atoms with van der Waals surface area (Å²) in [6, 6.07) is -0.557. The number of ether oxygens (including phenoxy) is 2. The number of alkyl carbamates (subject to hydrolysis) is 1. The van der Waals surface area contributed by atoms with Gasteiger partial charge in [0.2, 0.25) is 0 Å². The highest BCUT2D eigenvalue weighted by atomic mass is 19.1. The molecule has 0 aliphatic heterocycles. The summed E-state index contributed by atoms with van der Waals surface area (Å²) in [5.41, 5.74) is -0.604. The molecule has 0 aromatic carbocycles. The Morgan fingerprint density at radius 1 is 1.24 bits per heavy atom. The van der Waals surface area contributed by atoms with Gasteiger partial charge in [0.15, 0.2) is 0 Å². The van der Waals surface area contributed by atoms with E-state index in [1.165, 1.54) is 7.11 Å². The second-order valence-electron chi connectivity index (χ2n) is 6.54. The third-order valence-corrected chi connectivity index (χ3v) is 3.74. The zero-order valence-corrected chi connectivity index (χ0v) is 13.3. The van der Waals surface area contributed by atoms with Crippen LogP contribution in [0.3, 0.4) is 0 Å². The topological polar surface area (TPSA) is 64.6 Å². The molecule has 0 saturated heterocycles. The van der Waals surface area contributed by atoms with E-state index in [9.17, 15) is 14.0 Å². The maximum Gasteiger partial charge on any atom is 0.407 e. The van der Waals surface area contributed by atoms with E-state index in [1.807, 2.05) is 0 Å². The Bertz CT molecular complexity index is 359. The fraction of sp³-hybridized carbons (Fsp3) is 0.867. The molecule has 1 amide bonds. The van der Waals surface area contributed by atoms with Gasteiger partial charge in [-0.2, -0.15) is 0 Å². The molecular formula is C15H26FNO4. The van der Waals surface area contributed by atoms with Crippen molar-refractivity contribution in [1.29, 1.82) is 0 Å². The minimum Gasteiger partial charge on any atom is -0.469 e. The quantitative estimate of drug-likeness (QED) is 0.811. The van der Waals surface area contributed by atoms with Crippen molar-refractivity contribution in [3.05, 3.63) is 0 Å². The van der Waals surface area contributed by atoms with E-state index in [0.29, 0.717) is 25.7 Å². The van der Waals surface area contributed by atoms with E-state index < -0.39 is 24.4 Å². The molecule has 0 spiro atoms. The Morgan fingerprint density at radius 2 is 1.81 bits per heavy atom. The van der Waals surface area contributed by atoms with Crippen LogP contribution in [0.25, 0.3) is 0 Å². The van der Waals surface area contributed by atoms with Crippen LogP contribution >= 0.6 is 0 Å². The molecule has 1 atom stereocenters. The van der Waals surface area contributed by atoms with Crippen LogP contribution in [0.4, 0.5) is 9.18 Å². The number of halogens is 1. The summed E-state index contributed by atoms with van der Waals surface area (Å²) in [6.07, 6.45) is 2.14. The average Bonchev–Trinajstić information content (AvgIpc) is 2.42. The van der Waals surface area contributed by atoms with Crippen molar-refractivity contribution in [3.63, 3.8) is 0 Å². The van der Waals surface area contributed by atoms with Gasteiger partial charge in [-0.25, -0.2) is 9.18 Å². The first kappa shape index (κ1) is 17.7. The lowest BCUT2D eigenvalue weighted by atomic mass is 9.79. The van der Waals surface area contributed by atoms with E-state index in [0.717, 1.165) is 0 Å². The Hall–Kier alpha value is -1.33. The van der Waals surface area contributed by atoms with Gasteiger partial charge in [-0.15, -0.1) is 0 Å². The summed E-state index contributed by atoms with van der Waals surface area (Å²) < 4.78 is 23.1. The number of carbonyl (C=O) groups excluding carboxylic acids is 2. The Labute approximate surface area is 125 Å². The average molecular weight is 303 g/mol. The van der Waals surface area contributed by atoms with E-state index in [2.05, 4.69) is 5.32 Å². The second kappa shape index (κ2) is 7.61. The number of amides is 1. The predicted molar refractivity (Wildman–Crippen MR) is 76.6 cm³/mol. The van der Waals surface area contributed by atoms with Crippen LogP contribution in [0.5, 0.6) is 0 Å². The van der Waals surface area contributed by atoms with Crippen LogP contribution in [-0.2, 0) is 14.3 Å². The third-order valence-electron chi connectivity index (χ3n) is 3.74. The molecule has 1 aliphatic rings. The zero-order chi connectivity index (χ0) is 16.0. The number of esters is 1. The lowest BCUT2D eigenvalue weighted by Crippen LogP contribution is -2.45. The van der Waals surface area contributed by atoms with Crippen molar-refractivity contribution in [3.8, 4) is 0 Å². The normalized spacial score (nSPS) is 24.0. The highest BCUT2D eigenvalue weighted by molar-refractivity contribution is 5.72. The summed E-state index contributed by atoms with van der Waals surface area (Å²) in [5, 5.41) is 2.60. The molecule has 21 heavy (non-hydrogen) atoms.